The standard InChI is InChI=1S/C15H18BrN3/c1-10-3-11(2)5-13(4-10)15(19-17)7-12-6-14(16)9-18-8-12/h3-6,8-9,15,19H,7,17H2,1-2H3. The topological polar surface area (TPSA) is 50.9 Å². The van der Waals surface area contributed by atoms with Crippen LogP contribution in [-0.2, 0) is 6.42 Å². The van der Waals surface area contributed by atoms with Crippen molar-refractivity contribution in [2.75, 3.05) is 0 Å². The monoisotopic (exact) mass is 319 g/mol. The Kier molecular flexibility index (Phi) is 4.69. The Balaban J connectivity index is 2.24. The lowest BCUT2D eigenvalue weighted by molar-refractivity contribution is 0.550. The van der Waals surface area contributed by atoms with Gasteiger partial charge >= 0.3 is 0 Å². The molecule has 0 saturated heterocycles. The van der Waals surface area contributed by atoms with Crippen molar-refractivity contribution in [1.29, 1.82) is 0 Å². The highest BCUT2D eigenvalue weighted by Crippen LogP contribution is 2.21. The molecule has 4 heteroatoms. The maximum atomic E-state index is 5.71. The van der Waals surface area contributed by atoms with Crippen LogP contribution in [-0.4, -0.2) is 4.98 Å². The smallest absolute Gasteiger partial charge is 0.0501 e. The zero-order valence-electron chi connectivity index (χ0n) is 11.2. The van der Waals surface area contributed by atoms with Crippen LogP contribution in [0.4, 0.5) is 0 Å². The van der Waals surface area contributed by atoms with Crippen molar-refractivity contribution in [2.24, 2.45) is 5.84 Å². The van der Waals surface area contributed by atoms with Gasteiger partial charge in [0.1, 0.15) is 0 Å². The molecular formula is C15H18BrN3. The first-order valence-corrected chi connectivity index (χ1v) is 7.01. The number of pyridine rings is 1. The highest BCUT2D eigenvalue weighted by molar-refractivity contribution is 9.10. The average molecular weight is 320 g/mol. The van der Waals surface area contributed by atoms with Gasteiger partial charge in [0.15, 0.2) is 0 Å². The number of halogens is 1. The van der Waals surface area contributed by atoms with Crippen molar-refractivity contribution in [3.8, 4) is 0 Å². The minimum Gasteiger partial charge on any atom is -0.271 e. The highest BCUT2D eigenvalue weighted by atomic mass is 79.9. The van der Waals surface area contributed by atoms with E-state index in [0.29, 0.717) is 0 Å². The van der Waals surface area contributed by atoms with Gasteiger partial charge in [-0.2, -0.15) is 0 Å². The summed E-state index contributed by atoms with van der Waals surface area (Å²) in [6, 6.07) is 8.67. The predicted octanol–water partition coefficient (Wildman–Crippen LogP) is 3.21. The molecule has 0 radical (unpaired) electrons. The third kappa shape index (κ3) is 3.86. The van der Waals surface area contributed by atoms with E-state index in [1.54, 1.807) is 6.20 Å². The third-order valence-electron chi connectivity index (χ3n) is 3.05. The zero-order valence-corrected chi connectivity index (χ0v) is 12.7. The van der Waals surface area contributed by atoms with Gasteiger partial charge in [-0.15, -0.1) is 0 Å². The molecule has 3 N–H and O–H groups in total. The minimum absolute atomic E-state index is 0.0923. The van der Waals surface area contributed by atoms with Crippen LogP contribution in [0.2, 0.25) is 0 Å². The van der Waals surface area contributed by atoms with Gasteiger partial charge in [-0.25, -0.2) is 0 Å². The Hall–Kier alpha value is -1.23. The molecule has 2 aromatic rings. The van der Waals surface area contributed by atoms with Gasteiger partial charge in [0.25, 0.3) is 0 Å². The molecule has 100 valence electrons. The maximum absolute atomic E-state index is 5.71. The number of nitrogens with two attached hydrogens (primary N) is 1. The van der Waals surface area contributed by atoms with Gasteiger partial charge < -0.3 is 0 Å². The van der Waals surface area contributed by atoms with Gasteiger partial charge in [0.2, 0.25) is 0 Å². The Morgan fingerprint density at radius 1 is 1.16 bits per heavy atom. The van der Waals surface area contributed by atoms with Crippen LogP contribution in [0.25, 0.3) is 0 Å². The fourth-order valence-corrected chi connectivity index (χ4v) is 2.70. The molecule has 0 saturated carbocycles. The van der Waals surface area contributed by atoms with E-state index >= 15 is 0 Å². The number of nitrogens with zero attached hydrogens (tertiary/aromatic N) is 1. The maximum Gasteiger partial charge on any atom is 0.0501 e. The Labute approximate surface area is 122 Å². The molecule has 0 spiro atoms. The number of aryl methyl sites for hydroxylation is 2. The number of rotatable bonds is 4. The van der Waals surface area contributed by atoms with Crippen molar-refractivity contribution < 1.29 is 0 Å². The first kappa shape index (κ1) is 14.2. The fourth-order valence-electron chi connectivity index (χ4n) is 2.29. The number of benzene rings is 1. The molecule has 2 rings (SSSR count). The minimum atomic E-state index is 0.0923. The van der Waals surface area contributed by atoms with Crippen LogP contribution >= 0.6 is 15.9 Å². The Bertz CT molecular complexity index is 549. The van der Waals surface area contributed by atoms with E-state index in [1.165, 1.54) is 16.7 Å². The van der Waals surface area contributed by atoms with E-state index in [1.807, 2.05) is 6.20 Å². The summed E-state index contributed by atoms with van der Waals surface area (Å²) >= 11 is 3.44. The molecule has 0 aliphatic rings. The highest BCUT2D eigenvalue weighted by Gasteiger charge is 2.12. The summed E-state index contributed by atoms with van der Waals surface area (Å²) in [6.45, 7) is 4.20. The van der Waals surface area contributed by atoms with Gasteiger partial charge in [-0.1, -0.05) is 29.3 Å². The van der Waals surface area contributed by atoms with Crippen molar-refractivity contribution in [2.45, 2.75) is 26.3 Å². The quantitative estimate of drug-likeness (QED) is 0.672. The van der Waals surface area contributed by atoms with Crippen LogP contribution in [0.5, 0.6) is 0 Å². The summed E-state index contributed by atoms with van der Waals surface area (Å²) in [5, 5.41) is 0. The number of hydrogen-bond donors (Lipinski definition) is 2. The molecule has 3 nitrogen and oxygen atoms in total. The molecule has 0 amide bonds. The van der Waals surface area contributed by atoms with Crippen LogP contribution in [0, 0.1) is 13.8 Å². The van der Waals surface area contributed by atoms with Crippen molar-refractivity contribution in [1.82, 2.24) is 10.4 Å². The first-order chi connectivity index (χ1) is 9.08. The lowest BCUT2D eigenvalue weighted by Crippen LogP contribution is -2.29. The fraction of sp³-hybridized carbons (Fsp3) is 0.267. The van der Waals surface area contributed by atoms with Crippen molar-refractivity contribution in [3.05, 3.63) is 63.4 Å². The second-order valence-electron chi connectivity index (χ2n) is 4.86. The Morgan fingerprint density at radius 2 is 1.84 bits per heavy atom. The number of aromatic nitrogens is 1. The summed E-state index contributed by atoms with van der Waals surface area (Å²) in [5.74, 6) is 5.71. The molecule has 1 unspecified atom stereocenters. The SMILES string of the molecule is Cc1cc(C)cc(C(Cc2cncc(Br)c2)NN)c1. The number of hydrogen-bond acceptors (Lipinski definition) is 3. The summed E-state index contributed by atoms with van der Waals surface area (Å²) in [5.41, 5.74) is 7.76. The largest absolute Gasteiger partial charge is 0.271 e. The van der Waals surface area contributed by atoms with E-state index in [2.05, 4.69) is 64.5 Å². The second-order valence-corrected chi connectivity index (χ2v) is 5.77. The van der Waals surface area contributed by atoms with E-state index in [4.69, 9.17) is 5.84 Å². The predicted molar refractivity (Wildman–Crippen MR) is 81.6 cm³/mol. The summed E-state index contributed by atoms with van der Waals surface area (Å²) in [7, 11) is 0. The van der Waals surface area contributed by atoms with Crippen molar-refractivity contribution >= 4 is 15.9 Å². The molecule has 1 aromatic heterocycles. The normalized spacial score (nSPS) is 12.4. The van der Waals surface area contributed by atoms with Gasteiger partial charge in [0.05, 0.1) is 6.04 Å². The number of nitrogens with one attached hydrogen (secondary N) is 1. The van der Waals surface area contributed by atoms with Crippen molar-refractivity contribution in [3.63, 3.8) is 0 Å². The summed E-state index contributed by atoms with van der Waals surface area (Å²) in [4.78, 5) is 4.18. The average Bonchev–Trinajstić information content (AvgIpc) is 2.34. The number of hydrazine groups is 1. The van der Waals surface area contributed by atoms with E-state index < -0.39 is 0 Å². The first-order valence-electron chi connectivity index (χ1n) is 6.22. The molecule has 1 atom stereocenters. The summed E-state index contributed by atoms with van der Waals surface area (Å²) in [6.07, 6.45) is 4.47. The van der Waals surface area contributed by atoms with E-state index in [-0.39, 0.29) is 6.04 Å². The van der Waals surface area contributed by atoms with E-state index in [0.717, 1.165) is 16.5 Å². The van der Waals surface area contributed by atoms with Crippen LogP contribution in [0.3, 0.4) is 0 Å². The van der Waals surface area contributed by atoms with Gasteiger partial charge in [0, 0.05) is 16.9 Å². The van der Waals surface area contributed by atoms with Gasteiger partial charge in [-0.3, -0.25) is 16.3 Å². The molecule has 1 aromatic carbocycles. The third-order valence-corrected chi connectivity index (χ3v) is 3.48. The van der Waals surface area contributed by atoms with Crippen LogP contribution in [0.1, 0.15) is 28.3 Å². The summed E-state index contributed by atoms with van der Waals surface area (Å²) < 4.78 is 0.987. The molecule has 0 fully saturated rings. The lowest BCUT2D eigenvalue weighted by atomic mass is 9.97. The molecular weight excluding hydrogens is 302 g/mol. The second kappa shape index (κ2) is 6.28. The zero-order chi connectivity index (χ0) is 13.8. The molecule has 0 aliphatic heterocycles. The van der Waals surface area contributed by atoms with Gasteiger partial charge in [-0.05, 0) is 53.4 Å². The molecule has 1 heterocycles. The van der Waals surface area contributed by atoms with Crippen LogP contribution in [0.15, 0.2) is 41.1 Å². The molecule has 19 heavy (non-hydrogen) atoms. The molecule has 0 bridgehead atoms. The Morgan fingerprint density at radius 3 is 2.42 bits per heavy atom. The van der Waals surface area contributed by atoms with Crippen LogP contribution < -0.4 is 11.3 Å². The van der Waals surface area contributed by atoms with E-state index in [9.17, 15) is 0 Å². The lowest BCUT2D eigenvalue weighted by Gasteiger charge is -2.17. The molecule has 0 aliphatic carbocycles.